The van der Waals surface area contributed by atoms with E-state index in [0.717, 1.165) is 44.9 Å². The van der Waals surface area contributed by atoms with Crippen LogP contribution in [0.4, 0.5) is 21.2 Å². The van der Waals surface area contributed by atoms with Crippen molar-refractivity contribution in [1.82, 2.24) is 19.8 Å². The van der Waals surface area contributed by atoms with Crippen LogP contribution in [-0.2, 0) is 34.0 Å². The fourth-order valence-corrected chi connectivity index (χ4v) is 8.90. The summed E-state index contributed by atoms with van der Waals surface area (Å²) in [5, 5.41) is 10.1. The topological polar surface area (TPSA) is 220 Å². The number of nitrogen functional groups attached to an aromatic ring is 2. The van der Waals surface area contributed by atoms with Crippen LogP contribution in [0.15, 0.2) is 121 Å². The normalized spacial score (nSPS) is 13.6. The van der Waals surface area contributed by atoms with Crippen LogP contribution in [0.1, 0.15) is 113 Å². The molecule has 0 radical (unpaired) electrons. The lowest BCUT2D eigenvalue weighted by Crippen LogP contribution is -2.39. The molecule has 2 aliphatic heterocycles. The van der Waals surface area contributed by atoms with Crippen LogP contribution in [0.2, 0.25) is 0 Å². The zero-order valence-electron chi connectivity index (χ0n) is 48.4. The van der Waals surface area contributed by atoms with Gasteiger partial charge in [-0.2, -0.15) is 0 Å². The zero-order chi connectivity index (χ0) is 58.6. The Kier molecular flexibility index (Phi) is 19.4. The number of carbonyl (C=O) groups excluding carboxylic acids is 3. The summed E-state index contributed by atoms with van der Waals surface area (Å²) < 4.78 is 39.8. The van der Waals surface area contributed by atoms with Gasteiger partial charge in [0.15, 0.2) is 0 Å². The standard InChI is InChI=1S/C34H41N3O6.C30H35N3O5/c1-33(2,3)42-31(38)29-26(23-11-10-18-37(20-23)32(39)43-34(4,5)6)19-27(36-30(29)35)25-12-8-9-13-28(25)41-21-22-14-16-24(40-7)17-15-22;1-30(2,3)38-29(35)33-15-7-8-21(17-33)24-16-26(32-28(31)25(24)18-34)23-9-5-6-10-27(23)37-19-20-11-13-22(36-4)14-12-20/h8-9,11-17,19H,10,18,20-21H2,1-7H3,(H2,35,36);5-6,8-14,16,34H,7,15,17-19H2,1-4H3,(H2,31,32). The molecule has 4 aromatic carbocycles. The number of pyridine rings is 2. The second-order valence-electron chi connectivity index (χ2n) is 22.5. The highest BCUT2D eigenvalue weighted by molar-refractivity contribution is 6.01. The van der Waals surface area contributed by atoms with Gasteiger partial charge in [0.25, 0.3) is 0 Å². The van der Waals surface area contributed by atoms with E-state index in [1.807, 2.05) is 157 Å². The first-order chi connectivity index (χ1) is 38.4. The number of aliphatic hydroxyl groups excluding tert-OH is 1. The van der Waals surface area contributed by atoms with E-state index in [9.17, 15) is 19.5 Å². The van der Waals surface area contributed by atoms with Crippen molar-refractivity contribution in [1.29, 1.82) is 0 Å². The Hall–Kier alpha value is -8.57. The van der Waals surface area contributed by atoms with Gasteiger partial charge >= 0.3 is 18.2 Å². The monoisotopic (exact) mass is 1100 g/mol. The van der Waals surface area contributed by atoms with Gasteiger partial charge in [-0.3, -0.25) is 0 Å². The summed E-state index contributed by atoms with van der Waals surface area (Å²) in [6, 6.07) is 34.2. The molecule has 0 fully saturated rings. The molecule has 0 saturated heterocycles. The second-order valence-corrected chi connectivity index (χ2v) is 22.5. The van der Waals surface area contributed by atoms with E-state index < -0.39 is 28.9 Å². The molecule has 5 N–H and O–H groups in total. The fourth-order valence-electron chi connectivity index (χ4n) is 8.90. The first kappa shape index (κ1) is 60.1. The number of benzene rings is 4. The van der Waals surface area contributed by atoms with Crippen molar-refractivity contribution in [2.75, 3.05) is 51.9 Å². The third kappa shape index (κ3) is 16.5. The maximum atomic E-state index is 13.5. The Morgan fingerprint density at radius 1 is 0.543 bits per heavy atom. The number of methoxy groups -OCH3 is 2. The van der Waals surface area contributed by atoms with Gasteiger partial charge in [-0.15, -0.1) is 0 Å². The summed E-state index contributed by atoms with van der Waals surface area (Å²) >= 11 is 0. The van der Waals surface area contributed by atoms with Crippen molar-refractivity contribution in [3.63, 3.8) is 0 Å². The molecule has 81 heavy (non-hydrogen) atoms. The van der Waals surface area contributed by atoms with E-state index in [4.69, 9.17) is 44.6 Å². The third-order valence-corrected chi connectivity index (χ3v) is 12.7. The van der Waals surface area contributed by atoms with E-state index in [0.29, 0.717) is 85.3 Å². The van der Waals surface area contributed by atoms with Gasteiger partial charge in [0.05, 0.1) is 32.2 Å². The molecule has 6 aromatic rings. The minimum atomic E-state index is -0.745. The van der Waals surface area contributed by atoms with Crippen molar-refractivity contribution in [3.8, 4) is 45.5 Å². The Balaban J connectivity index is 0.000000235. The van der Waals surface area contributed by atoms with Crippen LogP contribution in [0.25, 0.3) is 33.7 Å². The number of para-hydroxylation sites is 2. The number of rotatable bonds is 14. The van der Waals surface area contributed by atoms with Crippen LogP contribution < -0.4 is 30.4 Å². The van der Waals surface area contributed by atoms with E-state index in [-0.39, 0.29) is 36.4 Å². The molecule has 0 bridgehead atoms. The smallest absolute Gasteiger partial charge is 0.410 e. The molecule has 17 nitrogen and oxygen atoms in total. The Bertz CT molecular complexity index is 3240. The lowest BCUT2D eigenvalue weighted by Gasteiger charge is -2.31. The summed E-state index contributed by atoms with van der Waals surface area (Å²) in [5.41, 5.74) is 19.1. The van der Waals surface area contributed by atoms with Gasteiger partial charge in [-0.05, 0) is 169 Å². The molecule has 0 saturated carbocycles. The number of carbonyl (C=O) groups is 3. The van der Waals surface area contributed by atoms with Gasteiger partial charge in [0.1, 0.15) is 70.2 Å². The molecule has 0 aliphatic carbocycles. The molecule has 0 spiro atoms. The minimum absolute atomic E-state index is 0.0296. The summed E-state index contributed by atoms with van der Waals surface area (Å²) in [6.07, 6.45) is 4.55. The number of aromatic nitrogens is 2. The number of hydrogen-bond acceptors (Lipinski definition) is 15. The molecule has 8 rings (SSSR count). The Morgan fingerprint density at radius 3 is 1.37 bits per heavy atom. The number of nitrogens with zero attached hydrogens (tertiary/aromatic N) is 4. The number of aliphatic hydroxyl groups is 1. The first-order valence-corrected chi connectivity index (χ1v) is 26.9. The number of esters is 1. The van der Waals surface area contributed by atoms with Crippen LogP contribution in [0.5, 0.6) is 23.0 Å². The van der Waals surface area contributed by atoms with Crippen molar-refractivity contribution >= 4 is 40.9 Å². The highest BCUT2D eigenvalue weighted by Crippen LogP contribution is 2.38. The largest absolute Gasteiger partial charge is 0.497 e. The summed E-state index contributed by atoms with van der Waals surface area (Å²) in [6.45, 7) is 18.5. The highest BCUT2D eigenvalue weighted by Gasteiger charge is 2.31. The van der Waals surface area contributed by atoms with E-state index >= 15 is 0 Å². The van der Waals surface area contributed by atoms with E-state index in [2.05, 4.69) is 16.0 Å². The quantitative estimate of drug-likeness (QED) is 0.0682. The van der Waals surface area contributed by atoms with Crippen molar-refractivity contribution in [2.45, 2.75) is 112 Å². The van der Waals surface area contributed by atoms with Crippen molar-refractivity contribution in [3.05, 3.63) is 155 Å². The van der Waals surface area contributed by atoms with Crippen LogP contribution in [-0.4, -0.2) is 100 Å². The number of hydrogen-bond donors (Lipinski definition) is 3. The van der Waals surface area contributed by atoms with E-state index in [1.165, 1.54) is 0 Å². The van der Waals surface area contributed by atoms with Gasteiger partial charge in [-0.25, -0.2) is 24.4 Å². The van der Waals surface area contributed by atoms with Crippen LogP contribution >= 0.6 is 0 Å². The number of nitrogens with two attached hydrogens (primary N) is 2. The van der Waals surface area contributed by atoms with Crippen LogP contribution in [0, 0.1) is 0 Å². The first-order valence-electron chi connectivity index (χ1n) is 26.9. The molecule has 2 aromatic heterocycles. The molecule has 0 atom stereocenters. The van der Waals surface area contributed by atoms with E-state index in [1.54, 1.807) is 44.8 Å². The number of ether oxygens (including phenoxy) is 7. The highest BCUT2D eigenvalue weighted by atomic mass is 16.6. The van der Waals surface area contributed by atoms with Crippen LogP contribution in [0.3, 0.4) is 0 Å². The summed E-state index contributed by atoms with van der Waals surface area (Å²) in [7, 11) is 3.26. The van der Waals surface area contributed by atoms with Crippen molar-refractivity contribution in [2.24, 2.45) is 0 Å². The maximum absolute atomic E-state index is 13.5. The molecular weight excluding hydrogens is 1030 g/mol. The molecule has 2 aliphatic rings. The second kappa shape index (κ2) is 26.1. The molecular formula is C64H76N6O11. The fraction of sp³-hybridized carbons (Fsp3) is 0.359. The third-order valence-electron chi connectivity index (χ3n) is 12.7. The van der Waals surface area contributed by atoms with Gasteiger partial charge < -0.3 is 59.5 Å². The van der Waals surface area contributed by atoms with Gasteiger partial charge in [0.2, 0.25) is 0 Å². The summed E-state index contributed by atoms with van der Waals surface area (Å²) in [4.78, 5) is 51.7. The molecule has 0 unspecified atom stereocenters. The lowest BCUT2D eigenvalue weighted by atomic mass is 9.94. The minimum Gasteiger partial charge on any atom is -0.497 e. The molecule has 2 amide bonds. The Morgan fingerprint density at radius 2 is 0.951 bits per heavy atom. The maximum Gasteiger partial charge on any atom is 0.410 e. The van der Waals surface area contributed by atoms with Gasteiger partial charge in [-0.1, -0.05) is 60.7 Å². The molecule has 428 valence electrons. The number of amides is 2. The number of anilines is 2. The zero-order valence-corrected chi connectivity index (χ0v) is 48.4. The predicted molar refractivity (Wildman–Crippen MR) is 315 cm³/mol. The predicted octanol–water partition coefficient (Wildman–Crippen LogP) is 12.3. The molecule has 17 heteroatoms. The average Bonchev–Trinajstić information content (AvgIpc) is 3.46. The average molecular weight is 1110 g/mol. The lowest BCUT2D eigenvalue weighted by molar-refractivity contribution is 0.00691. The summed E-state index contributed by atoms with van der Waals surface area (Å²) in [5.74, 6) is 2.50. The van der Waals surface area contributed by atoms with Crippen molar-refractivity contribution < 1.29 is 52.6 Å². The van der Waals surface area contributed by atoms with Gasteiger partial charge in [0, 0.05) is 42.9 Å². The Labute approximate surface area is 475 Å². The SMILES string of the molecule is COc1ccc(COc2ccccc2-c2cc(C3=CCCN(C(=O)OC(C)(C)C)C3)c(C(=O)OC(C)(C)C)c(N)n2)cc1.COc1ccc(COc2ccccc2-c2cc(C3=CCCN(C(=O)OC(C)(C)C)C3)c(CO)c(N)n2)cc1. The molecule has 4 heterocycles.